The Morgan fingerprint density at radius 1 is 1.58 bits per heavy atom. The molecule has 0 amide bonds. The minimum absolute atomic E-state index is 0.0743. The van der Waals surface area contributed by atoms with Crippen molar-refractivity contribution in [2.75, 3.05) is 12.3 Å². The summed E-state index contributed by atoms with van der Waals surface area (Å²) in [5.74, 6) is -0.481. The summed E-state index contributed by atoms with van der Waals surface area (Å²) in [4.78, 5) is 27.8. The van der Waals surface area contributed by atoms with Gasteiger partial charge >= 0.3 is 11.7 Å². The Morgan fingerprint density at radius 2 is 2.25 bits per heavy atom. The van der Waals surface area contributed by atoms with Crippen LogP contribution < -0.4 is 17.2 Å². The van der Waals surface area contributed by atoms with Crippen LogP contribution in [0.15, 0.2) is 11.0 Å². The van der Waals surface area contributed by atoms with Crippen molar-refractivity contribution in [1.29, 1.82) is 0 Å². The topological polar surface area (TPSA) is 143 Å². The molecule has 0 radical (unpaired) electrons. The maximum Gasteiger partial charge on any atom is 0.351 e. The molecule has 0 spiro atoms. The summed E-state index contributed by atoms with van der Waals surface area (Å²) < 4.78 is 12.3. The highest BCUT2D eigenvalue weighted by atomic mass is 16.6. The maximum absolute atomic E-state index is 12.0. The summed E-state index contributed by atoms with van der Waals surface area (Å²) in [6, 6.07) is -0.758. The second-order valence-corrected chi connectivity index (χ2v) is 6.29. The number of nitrogens with two attached hydrogens (primary N) is 2. The first kappa shape index (κ1) is 18.4. The average molecular weight is 340 g/mol. The van der Waals surface area contributed by atoms with Crippen LogP contribution in [0, 0.1) is 12.8 Å². The van der Waals surface area contributed by atoms with Crippen molar-refractivity contribution in [3.63, 3.8) is 0 Å². The molecule has 1 saturated heterocycles. The minimum Gasteiger partial charge on any atom is -0.458 e. The number of nitrogens with zero attached hydrogens (tertiary/aromatic N) is 2. The molecule has 0 saturated carbocycles. The van der Waals surface area contributed by atoms with E-state index in [1.54, 1.807) is 6.92 Å². The number of hydrogen-bond donors (Lipinski definition) is 3. The zero-order valence-electron chi connectivity index (χ0n) is 14.0. The Morgan fingerprint density at radius 3 is 2.83 bits per heavy atom. The van der Waals surface area contributed by atoms with Gasteiger partial charge in [0.05, 0.1) is 6.61 Å². The molecule has 1 unspecified atom stereocenters. The Bertz CT molecular complexity index is 660. The Kier molecular flexibility index (Phi) is 5.58. The van der Waals surface area contributed by atoms with Gasteiger partial charge in [-0.3, -0.25) is 9.36 Å². The Labute approximate surface area is 139 Å². The molecule has 9 nitrogen and oxygen atoms in total. The van der Waals surface area contributed by atoms with Crippen LogP contribution in [0.1, 0.15) is 32.1 Å². The van der Waals surface area contributed by atoms with Crippen molar-refractivity contribution in [2.24, 2.45) is 11.7 Å². The third kappa shape index (κ3) is 3.74. The number of ether oxygens (including phenoxy) is 2. The summed E-state index contributed by atoms with van der Waals surface area (Å²) in [7, 11) is 0. The predicted molar refractivity (Wildman–Crippen MR) is 86.0 cm³/mol. The zero-order chi connectivity index (χ0) is 18.0. The largest absolute Gasteiger partial charge is 0.458 e. The third-order valence-corrected chi connectivity index (χ3v) is 4.10. The van der Waals surface area contributed by atoms with E-state index in [0.29, 0.717) is 5.56 Å². The fourth-order valence-corrected chi connectivity index (χ4v) is 2.44. The summed E-state index contributed by atoms with van der Waals surface area (Å²) in [6.45, 7) is 5.00. The van der Waals surface area contributed by atoms with Crippen molar-refractivity contribution in [1.82, 2.24) is 9.55 Å². The van der Waals surface area contributed by atoms with Gasteiger partial charge in [-0.2, -0.15) is 4.98 Å². The van der Waals surface area contributed by atoms with Crippen molar-refractivity contribution in [3.8, 4) is 0 Å². The van der Waals surface area contributed by atoms with Crippen LogP contribution >= 0.6 is 0 Å². The Hall–Kier alpha value is -1.97. The zero-order valence-corrected chi connectivity index (χ0v) is 14.0. The standard InChI is InChI=1S/C15H24N4O5/c1-7(2)12(16)14(21)24-9-4-11(23-10(9)6-20)19-5-8(3)13(17)18-15(19)22/h5,7,9-12,20H,4,6,16H2,1-3H3,(H2,17,18,22)/t9-,10-,11-,12?/m1/s1. The second-order valence-electron chi connectivity index (χ2n) is 6.29. The van der Waals surface area contributed by atoms with Gasteiger partial charge in [0.25, 0.3) is 0 Å². The van der Waals surface area contributed by atoms with Crippen LogP contribution in [-0.2, 0) is 14.3 Å². The van der Waals surface area contributed by atoms with Gasteiger partial charge in [-0.05, 0) is 12.8 Å². The lowest BCUT2D eigenvalue weighted by Crippen LogP contribution is -2.41. The van der Waals surface area contributed by atoms with Gasteiger partial charge in [0, 0.05) is 18.2 Å². The molecule has 9 heteroatoms. The monoisotopic (exact) mass is 340 g/mol. The number of aliphatic hydroxyl groups is 1. The molecular weight excluding hydrogens is 316 g/mol. The molecule has 0 aromatic carbocycles. The molecule has 5 N–H and O–H groups in total. The second kappa shape index (κ2) is 7.29. The van der Waals surface area contributed by atoms with Crippen LogP contribution in [0.4, 0.5) is 5.82 Å². The van der Waals surface area contributed by atoms with Crippen LogP contribution in [0.2, 0.25) is 0 Å². The van der Waals surface area contributed by atoms with Crippen LogP contribution in [-0.4, -0.2) is 45.5 Å². The van der Waals surface area contributed by atoms with Gasteiger partial charge in [0.15, 0.2) is 0 Å². The number of nitrogen functional groups attached to an aromatic ring is 1. The molecule has 1 fully saturated rings. The first-order valence-corrected chi connectivity index (χ1v) is 7.82. The highest BCUT2D eigenvalue weighted by Gasteiger charge is 2.40. The third-order valence-electron chi connectivity index (χ3n) is 4.10. The highest BCUT2D eigenvalue weighted by Crippen LogP contribution is 2.30. The van der Waals surface area contributed by atoms with Gasteiger partial charge in [0.2, 0.25) is 0 Å². The van der Waals surface area contributed by atoms with Gasteiger partial charge < -0.3 is 26.0 Å². The summed E-state index contributed by atoms with van der Waals surface area (Å²) in [5.41, 5.74) is 11.4. The molecule has 2 rings (SSSR count). The average Bonchev–Trinajstić information content (AvgIpc) is 2.92. The quantitative estimate of drug-likeness (QED) is 0.598. The van der Waals surface area contributed by atoms with Crippen molar-refractivity contribution in [2.45, 2.75) is 51.7 Å². The first-order chi connectivity index (χ1) is 11.2. The van der Waals surface area contributed by atoms with Gasteiger partial charge in [-0.1, -0.05) is 13.8 Å². The lowest BCUT2D eigenvalue weighted by molar-refractivity contribution is -0.155. The van der Waals surface area contributed by atoms with E-state index in [9.17, 15) is 14.7 Å². The number of rotatable bonds is 5. The maximum atomic E-state index is 12.0. The fraction of sp³-hybridized carbons (Fsp3) is 0.667. The molecular formula is C15H24N4O5. The first-order valence-electron chi connectivity index (χ1n) is 7.82. The number of aromatic nitrogens is 2. The molecule has 0 aliphatic carbocycles. The van der Waals surface area contributed by atoms with Crippen LogP contribution in [0.5, 0.6) is 0 Å². The molecule has 2 heterocycles. The van der Waals surface area contributed by atoms with E-state index in [-0.39, 0.29) is 24.8 Å². The number of hydrogen-bond acceptors (Lipinski definition) is 8. The smallest absolute Gasteiger partial charge is 0.351 e. The van der Waals surface area contributed by atoms with Gasteiger partial charge in [-0.15, -0.1) is 0 Å². The fourth-order valence-electron chi connectivity index (χ4n) is 2.44. The Balaban J connectivity index is 2.16. The minimum atomic E-state index is -0.758. The lowest BCUT2D eigenvalue weighted by atomic mass is 10.1. The summed E-state index contributed by atoms with van der Waals surface area (Å²) in [6.07, 6.45) is -0.375. The SMILES string of the molecule is Cc1cn([C@H]2C[C@@H](OC(=O)C(N)C(C)C)[C@@H](CO)O2)c(=O)nc1N. The summed E-state index contributed by atoms with van der Waals surface area (Å²) in [5, 5.41) is 9.46. The van der Waals surface area contributed by atoms with E-state index in [1.165, 1.54) is 10.8 Å². The van der Waals surface area contributed by atoms with E-state index in [0.717, 1.165) is 0 Å². The molecule has 1 aliphatic heterocycles. The molecule has 134 valence electrons. The number of aliphatic hydroxyl groups excluding tert-OH is 1. The summed E-state index contributed by atoms with van der Waals surface area (Å²) >= 11 is 0. The molecule has 1 aliphatic rings. The van der Waals surface area contributed by atoms with Crippen LogP contribution in [0.3, 0.4) is 0 Å². The number of carbonyl (C=O) groups is 1. The number of carbonyl (C=O) groups excluding carboxylic acids is 1. The van der Waals surface area contributed by atoms with Gasteiger partial charge in [0.1, 0.15) is 30.3 Å². The molecule has 24 heavy (non-hydrogen) atoms. The van der Waals surface area contributed by atoms with Crippen molar-refractivity contribution in [3.05, 3.63) is 22.2 Å². The van der Waals surface area contributed by atoms with Crippen LogP contribution in [0.25, 0.3) is 0 Å². The normalized spacial score (nSPS) is 25.0. The van der Waals surface area contributed by atoms with E-state index in [1.807, 2.05) is 13.8 Å². The highest BCUT2D eigenvalue weighted by molar-refractivity contribution is 5.76. The number of esters is 1. The van der Waals surface area contributed by atoms with Crippen molar-refractivity contribution < 1.29 is 19.4 Å². The molecule has 1 aromatic heterocycles. The molecule has 0 bridgehead atoms. The predicted octanol–water partition coefficient (Wildman–Crippen LogP) is -0.691. The van der Waals surface area contributed by atoms with E-state index in [4.69, 9.17) is 20.9 Å². The van der Waals surface area contributed by atoms with Gasteiger partial charge in [-0.25, -0.2) is 4.79 Å². The van der Waals surface area contributed by atoms with E-state index >= 15 is 0 Å². The number of anilines is 1. The van der Waals surface area contributed by atoms with E-state index in [2.05, 4.69) is 4.98 Å². The van der Waals surface area contributed by atoms with E-state index < -0.39 is 36.1 Å². The molecule has 4 atom stereocenters. The van der Waals surface area contributed by atoms with Crippen molar-refractivity contribution >= 4 is 11.8 Å². The lowest BCUT2D eigenvalue weighted by Gasteiger charge is -2.20. The number of aryl methyl sites for hydroxylation is 1. The molecule has 1 aromatic rings.